The van der Waals surface area contributed by atoms with E-state index in [2.05, 4.69) is 0 Å². The van der Waals surface area contributed by atoms with E-state index in [1.165, 1.54) is 14.2 Å². The molecular weight excluding hydrogens is 970 g/mol. The minimum absolute atomic E-state index is 0. The molecule has 0 aromatic carbocycles. The molecular formula is C40H81BN4NaO25. The van der Waals surface area contributed by atoms with Gasteiger partial charge in [0.1, 0.15) is 91.6 Å². The quantitative estimate of drug-likeness (QED) is 0.0180. The zero-order valence-corrected chi connectivity index (χ0v) is 42.7. The van der Waals surface area contributed by atoms with E-state index in [1.54, 1.807) is 0 Å². The van der Waals surface area contributed by atoms with E-state index in [0.717, 1.165) is 0 Å². The fourth-order valence-electron chi connectivity index (χ4n) is 6.34. The van der Waals surface area contributed by atoms with E-state index in [9.17, 15) is 71.5 Å². The third-order valence-electron chi connectivity index (χ3n) is 10.2. The van der Waals surface area contributed by atoms with E-state index < -0.39 is 130 Å². The second kappa shape index (κ2) is 44.6. The van der Waals surface area contributed by atoms with Crippen molar-refractivity contribution in [3.8, 4) is 0 Å². The second-order valence-electron chi connectivity index (χ2n) is 15.6. The summed E-state index contributed by atoms with van der Waals surface area (Å²) < 4.78 is 56.4. The smallest absolute Gasteiger partial charge is 0.512 e. The number of ether oxygens (including phenoxy) is 11. The van der Waals surface area contributed by atoms with Gasteiger partial charge in [0.25, 0.3) is 0 Å². The number of rotatable bonds is 30. The first-order valence-corrected chi connectivity index (χ1v) is 22.3. The predicted octanol–water partition coefficient (Wildman–Crippen LogP) is -13.0. The first-order valence-electron chi connectivity index (χ1n) is 22.3. The predicted molar refractivity (Wildman–Crippen MR) is 237 cm³/mol. The van der Waals surface area contributed by atoms with Crippen molar-refractivity contribution < 1.29 is 153 Å². The van der Waals surface area contributed by atoms with Crippen molar-refractivity contribution in [2.75, 3.05) is 113 Å². The number of hydrogen-bond acceptors (Lipinski definition) is 29. The molecule has 3 saturated heterocycles. The summed E-state index contributed by atoms with van der Waals surface area (Å²) >= 11 is 0. The van der Waals surface area contributed by atoms with Gasteiger partial charge >= 0.3 is 29.6 Å². The molecule has 0 aromatic heterocycles. The van der Waals surface area contributed by atoms with Crippen molar-refractivity contribution in [3.05, 3.63) is 6.57 Å². The number of aliphatic hydroxyl groups excluding tert-OH is 14. The molecule has 0 saturated carbocycles. The van der Waals surface area contributed by atoms with Gasteiger partial charge < -0.3 is 153 Å². The number of hydrogen-bond donors (Lipinski definition) is 17. The molecule has 19 atom stereocenters. The van der Waals surface area contributed by atoms with Crippen LogP contribution in [-0.2, 0) is 52.1 Å². The van der Waals surface area contributed by atoms with E-state index in [-0.39, 0.29) is 57.6 Å². The van der Waals surface area contributed by atoms with Crippen LogP contribution in [0.15, 0.2) is 0 Å². The van der Waals surface area contributed by atoms with Crippen LogP contribution in [0.3, 0.4) is 0 Å². The molecule has 3 fully saturated rings. The van der Waals surface area contributed by atoms with Crippen molar-refractivity contribution in [2.24, 2.45) is 17.2 Å². The van der Waals surface area contributed by atoms with Crippen LogP contribution < -0.4 is 46.8 Å². The van der Waals surface area contributed by atoms with Crippen LogP contribution in [0, 0.1) is 11.8 Å². The van der Waals surface area contributed by atoms with E-state index in [1.807, 2.05) is 0 Å². The van der Waals surface area contributed by atoms with Crippen LogP contribution >= 0.6 is 0 Å². The zero-order valence-electron chi connectivity index (χ0n) is 40.7. The Hall–Kier alpha value is -0.565. The molecule has 415 valence electrons. The summed E-state index contributed by atoms with van der Waals surface area (Å²) in [6.07, 6.45) is -26.5. The van der Waals surface area contributed by atoms with Crippen LogP contribution in [0.1, 0.15) is 19.3 Å². The fraction of sp³-hybridized carbons (Fsp3) is 0.975. The van der Waals surface area contributed by atoms with Gasteiger partial charge in [-0.3, -0.25) is 0 Å². The van der Waals surface area contributed by atoms with Gasteiger partial charge in [0.2, 0.25) is 0 Å². The Bertz CT molecular complexity index is 1240. The topological polar surface area (TPSA) is 487 Å². The van der Waals surface area contributed by atoms with Gasteiger partial charge in [-0.15, -0.1) is 0 Å². The summed E-state index contributed by atoms with van der Waals surface area (Å²) in [6, 6.07) is 0. The number of nitrogens with zero attached hydrogens (tertiary/aromatic N) is 1. The van der Waals surface area contributed by atoms with Crippen LogP contribution in [-0.4, -0.2) is 310 Å². The summed E-state index contributed by atoms with van der Waals surface area (Å²) in [5.74, 6) is 0. The number of nitrogens with two attached hydrogens (primary N) is 3. The third kappa shape index (κ3) is 28.4. The maximum atomic E-state index is 10.1. The van der Waals surface area contributed by atoms with Crippen LogP contribution in [0.25, 0.3) is 0 Å². The van der Waals surface area contributed by atoms with Crippen LogP contribution in [0.2, 0.25) is 0 Å². The Labute approximate surface area is 437 Å². The Morgan fingerprint density at radius 3 is 1.24 bits per heavy atom. The number of aliphatic hydroxyl groups is 14. The van der Waals surface area contributed by atoms with Gasteiger partial charge in [0.05, 0.1) is 78.8 Å². The standard InChI is InChI=1S/C20H41NO12.C13H24O11.C6H16N2O2.CN.B.Na/c1-29-11-14-17(26)18(27)19(28)20(33-14)32-10-13(23)16(25)15(24)12(22)4-2-3-6-30-8-9-31-7-5-21;1-21-2-4-6(14)9(17)11(19)13(24-4)22-3-5-7(15)8(16)10(18)12(20)23-5;7-1-3-9-5-6-10-4-2-8;1-2;;/h12-20,22-28H,2-11,21H2,1H3;4-20H,2-3H2,1H3;1-8H2;;;/q;;;-1;;+1/t12?,13?,14?,15-,16-,17-,18+,19?,20+;4?,5?,6-,7-,8+,9+,10?,11?,12?,13+;;;;/m11..../s1. The molecule has 0 amide bonds. The Balaban J connectivity index is -0.00000106. The minimum Gasteiger partial charge on any atom is -0.512 e. The first kappa shape index (κ1) is 74.7. The van der Waals surface area contributed by atoms with E-state index in [0.29, 0.717) is 85.3 Å². The maximum Gasteiger partial charge on any atom is 1.00 e. The summed E-state index contributed by atoms with van der Waals surface area (Å²) in [4.78, 5) is 0. The summed E-state index contributed by atoms with van der Waals surface area (Å²) in [7, 11) is 2.73. The molecule has 9 unspecified atom stereocenters. The van der Waals surface area contributed by atoms with Crippen molar-refractivity contribution in [1.29, 1.82) is 5.26 Å². The SMILES string of the molecule is COCC1O[C@H](OCC(O)[C@@H](O)[C@H](O)C(O)CCCCOCCOCCN)C(O)[C@@H](O)[C@@H]1O.COCC1O[C@H](OCC2OC(O)C(O)[C@@H](O)[C@@H]2O)C(O)[C@@H](O)[C@@H]1O.NCCOCCOCCN.[B].[C-]#N.[Na+]. The third-order valence-corrected chi connectivity index (χ3v) is 10.2. The zero-order chi connectivity index (χ0) is 52.5. The second-order valence-corrected chi connectivity index (χ2v) is 15.6. The number of methoxy groups -OCH3 is 2. The molecule has 29 nitrogen and oxygen atoms in total. The first-order chi connectivity index (χ1) is 32.9. The van der Waals surface area contributed by atoms with Gasteiger partial charge in [-0.1, -0.05) is 0 Å². The average molecular weight is 1050 g/mol. The molecule has 71 heavy (non-hydrogen) atoms. The van der Waals surface area contributed by atoms with Gasteiger partial charge in [-0.2, -0.15) is 0 Å². The van der Waals surface area contributed by atoms with Gasteiger partial charge in [-0.05, 0) is 19.3 Å². The van der Waals surface area contributed by atoms with E-state index >= 15 is 0 Å². The van der Waals surface area contributed by atoms with Gasteiger partial charge in [0.15, 0.2) is 18.9 Å². The molecule has 31 heteroatoms. The van der Waals surface area contributed by atoms with Gasteiger partial charge in [0, 0.05) is 48.9 Å². The average Bonchev–Trinajstić information content (AvgIpc) is 3.35. The van der Waals surface area contributed by atoms with Crippen molar-refractivity contribution in [3.63, 3.8) is 0 Å². The Morgan fingerprint density at radius 2 is 0.831 bits per heavy atom. The monoisotopic (exact) mass is 1050 g/mol. The molecule has 0 bridgehead atoms. The molecule has 3 radical (unpaired) electrons. The van der Waals surface area contributed by atoms with Crippen molar-refractivity contribution in [1.82, 2.24) is 0 Å². The molecule has 3 heterocycles. The molecule has 3 aliphatic heterocycles. The van der Waals surface area contributed by atoms with Crippen LogP contribution in [0.4, 0.5) is 0 Å². The maximum absolute atomic E-state index is 10.1. The minimum atomic E-state index is -1.73. The van der Waals surface area contributed by atoms with E-state index in [4.69, 9.17) is 81.1 Å². The van der Waals surface area contributed by atoms with Crippen LogP contribution in [0.5, 0.6) is 0 Å². The summed E-state index contributed by atoms with van der Waals surface area (Å²) in [5.41, 5.74) is 15.7. The fourth-order valence-corrected chi connectivity index (χ4v) is 6.34. The molecule has 0 aliphatic carbocycles. The summed E-state index contributed by atoms with van der Waals surface area (Å²) in [6.45, 7) is 9.41. The Kier molecular flexibility index (Phi) is 46.9. The molecule has 3 aliphatic rings. The Morgan fingerprint density at radius 1 is 0.465 bits per heavy atom. The largest absolute Gasteiger partial charge is 1.00 e. The summed E-state index contributed by atoms with van der Waals surface area (Å²) in [5, 5.41) is 144. The molecule has 0 spiro atoms. The normalized spacial score (nSPS) is 32.1. The van der Waals surface area contributed by atoms with Crippen molar-refractivity contribution in [2.45, 2.75) is 136 Å². The molecule has 0 aromatic rings. The molecule has 3 rings (SSSR count). The van der Waals surface area contributed by atoms with Crippen molar-refractivity contribution >= 4 is 8.41 Å². The molecule has 20 N–H and O–H groups in total. The van der Waals surface area contributed by atoms with Gasteiger partial charge in [-0.25, -0.2) is 0 Å². The number of unbranched alkanes of at least 4 members (excludes halogenated alkanes) is 1.